The van der Waals surface area contributed by atoms with Crippen LogP contribution in [0.1, 0.15) is 17.5 Å². The topological polar surface area (TPSA) is 101 Å². The third-order valence-corrected chi connectivity index (χ3v) is 4.78. The van der Waals surface area contributed by atoms with Crippen LogP contribution in [0, 0.1) is 11.3 Å². The fourth-order valence-electron chi connectivity index (χ4n) is 3.37. The Morgan fingerprint density at radius 1 is 1.00 bits per heavy atom. The number of epoxide rings is 1. The second kappa shape index (κ2) is 7.69. The fourth-order valence-corrected chi connectivity index (χ4v) is 3.37. The summed E-state index contributed by atoms with van der Waals surface area (Å²) in [5.74, 6) is 0.250. The zero-order chi connectivity index (χ0) is 18.5. The maximum Gasteiger partial charge on any atom is 0.241 e. The Hall–Kier alpha value is -2.68. The van der Waals surface area contributed by atoms with Gasteiger partial charge in [0.25, 0.3) is 0 Å². The van der Waals surface area contributed by atoms with Gasteiger partial charge in [0.15, 0.2) is 0 Å². The molecule has 0 bridgehead atoms. The van der Waals surface area contributed by atoms with Crippen LogP contribution in [-0.4, -0.2) is 30.1 Å². The summed E-state index contributed by atoms with van der Waals surface area (Å²) in [6.07, 6.45) is 1.93. The summed E-state index contributed by atoms with van der Waals surface area (Å²) < 4.78 is 6.09. The third-order valence-electron chi connectivity index (χ3n) is 4.78. The molecule has 1 fully saturated rings. The van der Waals surface area contributed by atoms with Gasteiger partial charge in [-0.3, -0.25) is 4.99 Å². The number of amidine groups is 1. The first-order valence-corrected chi connectivity index (χ1v) is 8.85. The monoisotopic (exact) mass is 348 g/mol. The van der Waals surface area contributed by atoms with Crippen LogP contribution < -0.4 is 11.5 Å². The molecule has 5 heteroatoms. The van der Waals surface area contributed by atoms with E-state index in [9.17, 15) is 5.26 Å². The van der Waals surface area contributed by atoms with Crippen LogP contribution >= 0.6 is 0 Å². The molecule has 0 radical (unpaired) electrons. The predicted octanol–water partition coefficient (Wildman–Crippen LogP) is 2.21. The van der Waals surface area contributed by atoms with Gasteiger partial charge in [0.1, 0.15) is 17.5 Å². The average Bonchev–Trinajstić information content (AvgIpc) is 3.31. The molecule has 1 aliphatic heterocycles. The van der Waals surface area contributed by atoms with Gasteiger partial charge >= 0.3 is 0 Å². The molecule has 4 N–H and O–H groups in total. The Morgan fingerprint density at radius 3 is 2.00 bits per heavy atom. The second-order valence-electron chi connectivity index (χ2n) is 6.62. The molecule has 1 aliphatic rings. The zero-order valence-electron chi connectivity index (χ0n) is 14.8. The first-order valence-electron chi connectivity index (χ1n) is 8.85. The number of benzene rings is 2. The Morgan fingerprint density at radius 2 is 1.54 bits per heavy atom. The number of rotatable bonds is 8. The Balaban J connectivity index is 1.92. The molecule has 1 heterocycles. The van der Waals surface area contributed by atoms with Gasteiger partial charge in [-0.2, -0.15) is 5.26 Å². The van der Waals surface area contributed by atoms with Crippen molar-refractivity contribution in [2.24, 2.45) is 16.5 Å². The minimum absolute atomic E-state index is 0.250. The lowest BCUT2D eigenvalue weighted by Gasteiger charge is -2.16. The van der Waals surface area contributed by atoms with E-state index in [0.29, 0.717) is 25.9 Å². The van der Waals surface area contributed by atoms with E-state index in [1.807, 2.05) is 60.7 Å². The maximum atomic E-state index is 9.91. The molecule has 0 amide bonds. The average molecular weight is 348 g/mol. The molecule has 2 aromatic rings. The van der Waals surface area contributed by atoms with Crippen molar-refractivity contribution in [3.05, 3.63) is 71.8 Å². The predicted molar refractivity (Wildman–Crippen MR) is 103 cm³/mol. The number of nitriles is 1. The molecule has 2 aromatic carbocycles. The van der Waals surface area contributed by atoms with Gasteiger partial charge in [-0.1, -0.05) is 60.7 Å². The van der Waals surface area contributed by atoms with Gasteiger partial charge in [-0.15, -0.1) is 0 Å². The van der Waals surface area contributed by atoms with Crippen molar-refractivity contribution < 1.29 is 4.74 Å². The standard InChI is InChI=1S/C21H24N4O/c22-12-7-13-25-19(24)21(16-23)20(26-21,14-17-8-3-1-4-9-17)15-18-10-5-2-6-11-18/h1-6,8-11H,7,12-15,22H2,(H2,24,25). The van der Waals surface area contributed by atoms with Crippen LogP contribution in [0.15, 0.2) is 65.7 Å². The van der Waals surface area contributed by atoms with E-state index < -0.39 is 11.2 Å². The van der Waals surface area contributed by atoms with Crippen molar-refractivity contribution in [1.82, 2.24) is 0 Å². The van der Waals surface area contributed by atoms with Crippen LogP contribution in [0.4, 0.5) is 0 Å². The summed E-state index contributed by atoms with van der Waals surface area (Å²) in [6.45, 7) is 1.04. The van der Waals surface area contributed by atoms with Crippen LogP contribution in [-0.2, 0) is 17.6 Å². The maximum absolute atomic E-state index is 9.91. The summed E-state index contributed by atoms with van der Waals surface area (Å²) in [7, 11) is 0. The van der Waals surface area contributed by atoms with E-state index in [1.54, 1.807) is 0 Å². The summed E-state index contributed by atoms with van der Waals surface area (Å²) >= 11 is 0. The number of hydrogen-bond donors (Lipinski definition) is 2. The molecule has 0 aromatic heterocycles. The largest absolute Gasteiger partial charge is 0.384 e. The molecule has 0 saturated carbocycles. The van der Waals surface area contributed by atoms with Gasteiger partial charge in [-0.05, 0) is 24.1 Å². The lowest BCUT2D eigenvalue weighted by Crippen LogP contribution is -2.41. The van der Waals surface area contributed by atoms with E-state index >= 15 is 0 Å². The first kappa shape index (κ1) is 18.1. The molecule has 1 atom stereocenters. The number of hydrogen-bond acceptors (Lipinski definition) is 4. The number of aliphatic imine (C=N–C) groups is 1. The van der Waals surface area contributed by atoms with E-state index in [2.05, 4.69) is 11.1 Å². The van der Waals surface area contributed by atoms with Gasteiger partial charge < -0.3 is 16.2 Å². The highest BCUT2D eigenvalue weighted by atomic mass is 16.6. The minimum Gasteiger partial charge on any atom is -0.384 e. The van der Waals surface area contributed by atoms with E-state index in [4.69, 9.17) is 16.2 Å². The Kier molecular flexibility index (Phi) is 5.36. The summed E-state index contributed by atoms with van der Waals surface area (Å²) in [5, 5.41) is 9.91. The number of nitrogens with zero attached hydrogens (tertiary/aromatic N) is 2. The molecular formula is C21H24N4O. The smallest absolute Gasteiger partial charge is 0.241 e. The molecular weight excluding hydrogens is 324 g/mol. The van der Waals surface area contributed by atoms with Crippen molar-refractivity contribution in [1.29, 1.82) is 5.26 Å². The zero-order valence-corrected chi connectivity index (χ0v) is 14.8. The molecule has 134 valence electrons. The van der Waals surface area contributed by atoms with Crippen molar-refractivity contribution in [2.45, 2.75) is 30.5 Å². The van der Waals surface area contributed by atoms with Gasteiger partial charge in [0.2, 0.25) is 5.60 Å². The highest BCUT2D eigenvalue weighted by molar-refractivity contribution is 5.96. The van der Waals surface area contributed by atoms with Crippen molar-refractivity contribution in [2.75, 3.05) is 13.1 Å². The van der Waals surface area contributed by atoms with Gasteiger partial charge in [0.05, 0.1) is 0 Å². The van der Waals surface area contributed by atoms with Crippen molar-refractivity contribution >= 4 is 5.84 Å². The van der Waals surface area contributed by atoms with Crippen molar-refractivity contribution in [3.8, 4) is 6.07 Å². The summed E-state index contributed by atoms with van der Waals surface area (Å²) in [4.78, 5) is 4.36. The summed E-state index contributed by atoms with van der Waals surface area (Å²) in [6, 6.07) is 22.4. The number of nitrogens with two attached hydrogens (primary N) is 2. The van der Waals surface area contributed by atoms with Crippen LogP contribution in [0.25, 0.3) is 0 Å². The Bertz CT molecular complexity index is 756. The lowest BCUT2D eigenvalue weighted by atomic mass is 9.82. The molecule has 1 unspecified atom stereocenters. The summed E-state index contributed by atoms with van der Waals surface area (Å²) in [5.41, 5.74) is 12.1. The minimum atomic E-state index is -1.19. The highest BCUT2D eigenvalue weighted by Crippen LogP contribution is 2.52. The van der Waals surface area contributed by atoms with Crippen LogP contribution in [0.2, 0.25) is 0 Å². The molecule has 5 nitrogen and oxygen atoms in total. The molecule has 3 rings (SSSR count). The van der Waals surface area contributed by atoms with E-state index in [0.717, 1.165) is 17.5 Å². The second-order valence-corrected chi connectivity index (χ2v) is 6.62. The van der Waals surface area contributed by atoms with E-state index in [-0.39, 0.29) is 5.84 Å². The molecule has 26 heavy (non-hydrogen) atoms. The third kappa shape index (κ3) is 3.48. The fraction of sp³-hybridized carbons (Fsp3) is 0.333. The molecule has 0 spiro atoms. The normalized spacial score (nSPS) is 21.2. The lowest BCUT2D eigenvalue weighted by molar-refractivity contribution is 0.288. The van der Waals surface area contributed by atoms with Gasteiger partial charge in [-0.25, -0.2) is 0 Å². The van der Waals surface area contributed by atoms with Gasteiger partial charge in [0, 0.05) is 19.4 Å². The van der Waals surface area contributed by atoms with Crippen LogP contribution in [0.3, 0.4) is 0 Å². The molecule has 1 saturated heterocycles. The first-order chi connectivity index (χ1) is 12.7. The molecule has 0 aliphatic carbocycles. The Labute approximate surface area is 154 Å². The quantitative estimate of drug-likeness (QED) is 0.330. The highest BCUT2D eigenvalue weighted by Gasteiger charge is 2.73. The van der Waals surface area contributed by atoms with Crippen molar-refractivity contribution in [3.63, 3.8) is 0 Å². The van der Waals surface area contributed by atoms with E-state index in [1.165, 1.54) is 0 Å². The number of ether oxygens (including phenoxy) is 1. The SMILES string of the molecule is N#CC1(C(N)=NCCCN)OC1(Cc1ccccc1)Cc1ccccc1. The van der Waals surface area contributed by atoms with Crippen LogP contribution in [0.5, 0.6) is 0 Å².